The van der Waals surface area contributed by atoms with Gasteiger partial charge in [-0.15, -0.1) is 0 Å². The van der Waals surface area contributed by atoms with Gasteiger partial charge >= 0.3 is 0 Å². The van der Waals surface area contributed by atoms with Crippen LogP contribution in [0.1, 0.15) is 40.5 Å². The first-order chi connectivity index (χ1) is 9.39. The highest BCUT2D eigenvalue weighted by Crippen LogP contribution is 2.35. The Hall–Kier alpha value is -0.160. The Morgan fingerprint density at radius 1 is 1.15 bits per heavy atom. The summed E-state index contributed by atoms with van der Waals surface area (Å²) in [7, 11) is 0. The van der Waals surface area contributed by atoms with E-state index < -0.39 is 0 Å². The molecule has 0 spiro atoms. The van der Waals surface area contributed by atoms with Crippen molar-refractivity contribution in [2.45, 2.75) is 51.6 Å². The Morgan fingerprint density at radius 3 is 2.30 bits per heavy atom. The van der Waals surface area contributed by atoms with Crippen LogP contribution < -0.4 is 5.73 Å². The molecule has 2 aliphatic heterocycles. The molecule has 20 heavy (non-hydrogen) atoms. The molecule has 2 N–H and O–H groups in total. The summed E-state index contributed by atoms with van der Waals surface area (Å²) >= 11 is 0. The maximum atomic E-state index is 6.24. The van der Waals surface area contributed by atoms with Gasteiger partial charge in [0.2, 0.25) is 0 Å². The average molecular weight is 283 g/mol. The second-order valence-electron chi connectivity index (χ2n) is 7.64. The number of nitrogens with two attached hydrogens (primary N) is 1. The molecule has 0 atom stereocenters. The largest absolute Gasteiger partial charge is 0.378 e. The minimum absolute atomic E-state index is 0.109. The van der Waals surface area contributed by atoms with Crippen molar-refractivity contribution < 1.29 is 4.74 Å². The van der Waals surface area contributed by atoms with E-state index in [-0.39, 0.29) is 11.1 Å². The molecule has 0 radical (unpaired) electrons. The molecule has 4 nitrogen and oxygen atoms in total. The third kappa shape index (κ3) is 3.35. The van der Waals surface area contributed by atoms with Gasteiger partial charge in [0.1, 0.15) is 0 Å². The zero-order chi connectivity index (χ0) is 14.8. The van der Waals surface area contributed by atoms with E-state index in [1.807, 2.05) is 0 Å². The molecule has 0 amide bonds. The minimum Gasteiger partial charge on any atom is -0.378 e. The highest BCUT2D eigenvalue weighted by Gasteiger charge is 2.46. The SMILES string of the molecule is CC(C)CN1CCC(CN)(N2CCOCC2(C)C)CC1. The average Bonchev–Trinajstić information content (AvgIpc) is 2.39. The summed E-state index contributed by atoms with van der Waals surface area (Å²) in [6, 6.07) is 0. The first-order valence-corrected chi connectivity index (χ1v) is 8.17. The number of rotatable bonds is 4. The van der Waals surface area contributed by atoms with Crippen LogP contribution in [0.2, 0.25) is 0 Å². The molecule has 4 heteroatoms. The molecule has 2 heterocycles. The first-order valence-electron chi connectivity index (χ1n) is 8.17. The van der Waals surface area contributed by atoms with Crippen LogP contribution in [-0.4, -0.2) is 66.8 Å². The van der Waals surface area contributed by atoms with E-state index in [1.165, 1.54) is 32.5 Å². The lowest BCUT2D eigenvalue weighted by Gasteiger charge is -2.56. The van der Waals surface area contributed by atoms with Crippen LogP contribution in [-0.2, 0) is 4.74 Å². The van der Waals surface area contributed by atoms with Gasteiger partial charge in [-0.1, -0.05) is 13.8 Å². The lowest BCUT2D eigenvalue weighted by molar-refractivity contribution is -0.119. The zero-order valence-corrected chi connectivity index (χ0v) is 13.8. The Balaban J connectivity index is 2.04. The lowest BCUT2D eigenvalue weighted by atomic mass is 9.81. The smallest absolute Gasteiger partial charge is 0.0645 e. The van der Waals surface area contributed by atoms with Crippen LogP contribution >= 0.6 is 0 Å². The predicted octanol–water partition coefficient (Wildman–Crippen LogP) is 1.55. The maximum absolute atomic E-state index is 6.24. The summed E-state index contributed by atoms with van der Waals surface area (Å²) in [5.41, 5.74) is 6.53. The van der Waals surface area contributed by atoms with Crippen LogP contribution in [0, 0.1) is 5.92 Å². The Kier molecular flexibility index (Phi) is 5.11. The molecule has 2 fully saturated rings. The van der Waals surface area contributed by atoms with Crippen LogP contribution in [0.25, 0.3) is 0 Å². The Bertz CT molecular complexity index is 309. The molecule has 0 bridgehead atoms. The summed E-state index contributed by atoms with van der Waals surface area (Å²) < 4.78 is 5.68. The van der Waals surface area contributed by atoms with Gasteiger partial charge in [-0.3, -0.25) is 4.90 Å². The molecule has 0 saturated carbocycles. The first kappa shape index (κ1) is 16.2. The summed E-state index contributed by atoms with van der Waals surface area (Å²) in [5, 5.41) is 0. The van der Waals surface area contributed by atoms with Crippen molar-refractivity contribution in [1.29, 1.82) is 0 Å². The fourth-order valence-electron chi connectivity index (χ4n) is 3.99. The van der Waals surface area contributed by atoms with Crippen molar-refractivity contribution in [2.24, 2.45) is 11.7 Å². The van der Waals surface area contributed by atoms with E-state index in [9.17, 15) is 0 Å². The summed E-state index contributed by atoms with van der Waals surface area (Å²) in [6.07, 6.45) is 2.39. The molecular weight excluding hydrogens is 250 g/mol. The highest BCUT2D eigenvalue weighted by molar-refractivity contribution is 5.02. The topological polar surface area (TPSA) is 41.7 Å². The normalized spacial score (nSPS) is 27.9. The van der Waals surface area contributed by atoms with E-state index in [2.05, 4.69) is 37.5 Å². The second kappa shape index (κ2) is 6.30. The second-order valence-corrected chi connectivity index (χ2v) is 7.64. The molecular formula is C16H33N3O. The molecule has 2 aliphatic rings. The van der Waals surface area contributed by atoms with Crippen molar-refractivity contribution in [1.82, 2.24) is 9.80 Å². The molecule has 0 aromatic heterocycles. The van der Waals surface area contributed by atoms with Crippen molar-refractivity contribution in [3.63, 3.8) is 0 Å². The predicted molar refractivity (Wildman–Crippen MR) is 83.9 cm³/mol. The Morgan fingerprint density at radius 2 is 1.80 bits per heavy atom. The maximum Gasteiger partial charge on any atom is 0.0645 e. The standard InChI is InChI=1S/C16H33N3O/c1-14(2)11-18-7-5-16(12-17,6-8-18)19-9-10-20-13-15(19,3)4/h14H,5-13,17H2,1-4H3. The van der Waals surface area contributed by atoms with Gasteiger partial charge in [0.05, 0.1) is 13.2 Å². The Labute approximate surface area is 124 Å². The van der Waals surface area contributed by atoms with Crippen LogP contribution in [0.4, 0.5) is 0 Å². The number of likely N-dealkylation sites (tertiary alicyclic amines) is 1. The summed E-state index contributed by atoms with van der Waals surface area (Å²) in [5.74, 6) is 0.750. The molecule has 2 saturated heterocycles. The van der Waals surface area contributed by atoms with Crippen molar-refractivity contribution in [2.75, 3.05) is 45.9 Å². The lowest BCUT2D eigenvalue weighted by Crippen LogP contribution is -2.68. The number of morpholine rings is 1. The summed E-state index contributed by atoms with van der Waals surface area (Å²) in [4.78, 5) is 5.25. The van der Waals surface area contributed by atoms with Gasteiger partial charge in [0, 0.05) is 30.7 Å². The van der Waals surface area contributed by atoms with Crippen molar-refractivity contribution >= 4 is 0 Å². The van der Waals surface area contributed by atoms with Crippen molar-refractivity contribution in [3.8, 4) is 0 Å². The van der Waals surface area contributed by atoms with E-state index in [0.29, 0.717) is 0 Å². The van der Waals surface area contributed by atoms with Crippen LogP contribution in [0.5, 0.6) is 0 Å². The fraction of sp³-hybridized carbons (Fsp3) is 1.00. The van der Waals surface area contributed by atoms with Crippen molar-refractivity contribution in [3.05, 3.63) is 0 Å². The van der Waals surface area contributed by atoms with Gasteiger partial charge < -0.3 is 15.4 Å². The van der Waals surface area contributed by atoms with E-state index in [0.717, 1.165) is 32.2 Å². The quantitative estimate of drug-likeness (QED) is 0.850. The van der Waals surface area contributed by atoms with Gasteiger partial charge in [-0.25, -0.2) is 0 Å². The number of hydrogen-bond donors (Lipinski definition) is 1. The van der Waals surface area contributed by atoms with Gasteiger partial charge in [-0.2, -0.15) is 0 Å². The van der Waals surface area contributed by atoms with E-state index in [4.69, 9.17) is 10.5 Å². The number of ether oxygens (including phenoxy) is 1. The molecule has 0 unspecified atom stereocenters. The summed E-state index contributed by atoms with van der Waals surface area (Å²) in [6.45, 7) is 16.2. The van der Waals surface area contributed by atoms with Crippen LogP contribution in [0.15, 0.2) is 0 Å². The third-order valence-corrected chi connectivity index (χ3v) is 5.01. The zero-order valence-electron chi connectivity index (χ0n) is 13.8. The third-order valence-electron chi connectivity index (χ3n) is 5.01. The van der Waals surface area contributed by atoms with Gasteiger partial charge in [0.25, 0.3) is 0 Å². The van der Waals surface area contributed by atoms with E-state index in [1.54, 1.807) is 0 Å². The van der Waals surface area contributed by atoms with Gasteiger partial charge in [-0.05, 0) is 45.7 Å². The monoisotopic (exact) mass is 283 g/mol. The molecule has 118 valence electrons. The van der Waals surface area contributed by atoms with Crippen LogP contribution in [0.3, 0.4) is 0 Å². The molecule has 0 aromatic rings. The molecule has 2 rings (SSSR count). The minimum atomic E-state index is 0.109. The molecule has 0 aromatic carbocycles. The highest BCUT2D eigenvalue weighted by atomic mass is 16.5. The number of piperidine rings is 1. The van der Waals surface area contributed by atoms with E-state index >= 15 is 0 Å². The van der Waals surface area contributed by atoms with Gasteiger partial charge in [0.15, 0.2) is 0 Å². The number of nitrogens with zero attached hydrogens (tertiary/aromatic N) is 2. The molecule has 0 aliphatic carbocycles. The fourth-order valence-corrected chi connectivity index (χ4v) is 3.99. The number of hydrogen-bond acceptors (Lipinski definition) is 4.